The van der Waals surface area contributed by atoms with Gasteiger partial charge in [-0.2, -0.15) is 11.8 Å². The fourth-order valence-electron chi connectivity index (χ4n) is 2.52. The standard InChI is InChI=1S/C13H25N3O3S/c1-20-8-6-11(15-13(14)19)12(18)16-7-4-2-3-5-10(16)9-17/h10-11,17H,2-9H2,1H3,(H3,14,15,19). The third-order valence-electron chi connectivity index (χ3n) is 3.60. The average Bonchev–Trinajstić information content (AvgIpc) is 2.67. The zero-order chi connectivity index (χ0) is 15.0. The monoisotopic (exact) mass is 303 g/mol. The minimum absolute atomic E-state index is 0.0302. The third kappa shape index (κ3) is 5.20. The normalized spacial score (nSPS) is 21.1. The molecule has 1 heterocycles. The fourth-order valence-corrected chi connectivity index (χ4v) is 2.99. The van der Waals surface area contributed by atoms with E-state index in [1.54, 1.807) is 16.7 Å². The Bertz CT molecular complexity index is 328. The number of hydrogen-bond donors (Lipinski definition) is 3. The smallest absolute Gasteiger partial charge is 0.312 e. The summed E-state index contributed by atoms with van der Waals surface area (Å²) >= 11 is 1.62. The van der Waals surface area contributed by atoms with Crippen molar-refractivity contribution in [3.8, 4) is 0 Å². The van der Waals surface area contributed by atoms with Gasteiger partial charge < -0.3 is 21.1 Å². The van der Waals surface area contributed by atoms with Gasteiger partial charge in [-0.05, 0) is 31.3 Å². The van der Waals surface area contributed by atoms with Crippen LogP contribution < -0.4 is 11.1 Å². The molecule has 2 atom stereocenters. The summed E-state index contributed by atoms with van der Waals surface area (Å²) in [5.74, 6) is 0.646. The Morgan fingerprint density at radius 3 is 2.80 bits per heavy atom. The number of urea groups is 1. The molecule has 0 radical (unpaired) electrons. The molecule has 1 saturated heterocycles. The first-order valence-corrected chi connectivity index (χ1v) is 8.45. The van der Waals surface area contributed by atoms with Crippen LogP contribution in [0.3, 0.4) is 0 Å². The van der Waals surface area contributed by atoms with Gasteiger partial charge in [-0.1, -0.05) is 12.8 Å². The molecule has 1 rings (SSSR count). The number of thioether (sulfide) groups is 1. The van der Waals surface area contributed by atoms with Crippen LogP contribution in [0.15, 0.2) is 0 Å². The van der Waals surface area contributed by atoms with Gasteiger partial charge in [-0.25, -0.2) is 4.79 Å². The number of hydrogen-bond acceptors (Lipinski definition) is 4. The van der Waals surface area contributed by atoms with Crippen LogP contribution in [0.4, 0.5) is 4.79 Å². The third-order valence-corrected chi connectivity index (χ3v) is 4.24. The first-order chi connectivity index (χ1) is 9.60. The van der Waals surface area contributed by atoms with E-state index in [9.17, 15) is 14.7 Å². The van der Waals surface area contributed by atoms with Crippen molar-refractivity contribution in [2.24, 2.45) is 5.73 Å². The van der Waals surface area contributed by atoms with Crippen LogP contribution in [0.5, 0.6) is 0 Å². The summed E-state index contributed by atoms with van der Waals surface area (Å²) in [5.41, 5.74) is 5.15. The number of aliphatic hydroxyl groups is 1. The first-order valence-electron chi connectivity index (χ1n) is 7.06. The lowest BCUT2D eigenvalue weighted by Crippen LogP contribution is -2.53. The van der Waals surface area contributed by atoms with Crippen molar-refractivity contribution in [3.05, 3.63) is 0 Å². The number of amides is 3. The number of rotatable bonds is 6. The molecular formula is C13H25N3O3S. The van der Waals surface area contributed by atoms with Crippen molar-refractivity contribution in [2.45, 2.75) is 44.2 Å². The zero-order valence-corrected chi connectivity index (χ0v) is 12.8. The molecule has 0 aromatic heterocycles. The maximum absolute atomic E-state index is 12.6. The summed E-state index contributed by atoms with van der Waals surface area (Å²) in [6.07, 6.45) is 6.35. The van der Waals surface area contributed by atoms with Crippen molar-refractivity contribution < 1.29 is 14.7 Å². The van der Waals surface area contributed by atoms with Crippen LogP contribution in [0, 0.1) is 0 Å². The van der Waals surface area contributed by atoms with E-state index in [2.05, 4.69) is 5.32 Å². The van der Waals surface area contributed by atoms with E-state index in [4.69, 9.17) is 5.73 Å². The predicted molar refractivity (Wildman–Crippen MR) is 80.6 cm³/mol. The maximum atomic E-state index is 12.6. The Morgan fingerprint density at radius 1 is 1.45 bits per heavy atom. The highest BCUT2D eigenvalue weighted by atomic mass is 32.2. The van der Waals surface area contributed by atoms with Crippen LogP contribution >= 0.6 is 11.8 Å². The first kappa shape index (κ1) is 17.1. The number of nitrogens with two attached hydrogens (primary N) is 1. The molecule has 2 unspecified atom stereocenters. The van der Waals surface area contributed by atoms with Crippen LogP contribution in [0.25, 0.3) is 0 Å². The van der Waals surface area contributed by atoms with E-state index >= 15 is 0 Å². The second kappa shape index (κ2) is 9.07. The van der Waals surface area contributed by atoms with Crippen LogP contribution in [-0.4, -0.2) is 59.2 Å². The summed E-state index contributed by atoms with van der Waals surface area (Å²) in [6.45, 7) is 0.609. The van der Waals surface area contributed by atoms with E-state index in [1.165, 1.54) is 0 Å². The minimum atomic E-state index is -0.681. The number of aliphatic hydroxyl groups excluding tert-OH is 1. The second-order valence-corrected chi connectivity index (χ2v) is 6.05. The predicted octanol–water partition coefficient (Wildman–Crippen LogP) is 0.540. The molecule has 0 bridgehead atoms. The van der Waals surface area contributed by atoms with E-state index in [0.29, 0.717) is 13.0 Å². The minimum Gasteiger partial charge on any atom is -0.394 e. The molecule has 0 aromatic carbocycles. The Hall–Kier alpha value is -0.950. The van der Waals surface area contributed by atoms with Crippen LogP contribution in [-0.2, 0) is 4.79 Å². The summed E-state index contributed by atoms with van der Waals surface area (Å²) in [6, 6.07) is -1.41. The number of carbonyl (C=O) groups is 2. The maximum Gasteiger partial charge on any atom is 0.312 e. The number of nitrogens with one attached hydrogen (secondary N) is 1. The molecule has 1 aliphatic rings. The molecule has 1 fully saturated rings. The van der Waals surface area contributed by atoms with Crippen molar-refractivity contribution in [1.82, 2.24) is 10.2 Å². The molecular weight excluding hydrogens is 278 g/mol. The van der Waals surface area contributed by atoms with Gasteiger partial charge >= 0.3 is 6.03 Å². The molecule has 0 spiro atoms. The summed E-state index contributed by atoms with van der Waals surface area (Å²) in [4.78, 5) is 25.4. The SMILES string of the molecule is CSCCC(NC(N)=O)C(=O)N1CCCCCC1CO. The topological polar surface area (TPSA) is 95.7 Å². The number of primary amides is 1. The lowest BCUT2D eigenvalue weighted by Gasteiger charge is -2.32. The molecule has 4 N–H and O–H groups in total. The van der Waals surface area contributed by atoms with Gasteiger partial charge in [0.25, 0.3) is 0 Å². The molecule has 1 aliphatic heterocycles. The quantitative estimate of drug-likeness (QED) is 0.667. The van der Waals surface area contributed by atoms with Gasteiger partial charge in [-0.3, -0.25) is 4.79 Å². The average molecular weight is 303 g/mol. The van der Waals surface area contributed by atoms with Crippen LogP contribution in [0.1, 0.15) is 32.1 Å². The molecule has 7 heteroatoms. The molecule has 0 saturated carbocycles. The molecule has 0 aromatic rings. The highest BCUT2D eigenvalue weighted by molar-refractivity contribution is 7.98. The fraction of sp³-hybridized carbons (Fsp3) is 0.846. The van der Waals surface area contributed by atoms with Gasteiger partial charge in [0.15, 0.2) is 0 Å². The number of likely N-dealkylation sites (tertiary alicyclic amines) is 1. The summed E-state index contributed by atoms with van der Waals surface area (Å²) in [5, 5.41) is 12.0. The van der Waals surface area contributed by atoms with E-state index in [-0.39, 0.29) is 18.6 Å². The summed E-state index contributed by atoms with van der Waals surface area (Å²) < 4.78 is 0. The number of carbonyl (C=O) groups excluding carboxylic acids is 2. The van der Waals surface area contributed by atoms with E-state index in [1.807, 2.05) is 6.26 Å². The zero-order valence-electron chi connectivity index (χ0n) is 12.0. The molecule has 6 nitrogen and oxygen atoms in total. The van der Waals surface area contributed by atoms with Gasteiger partial charge in [0.1, 0.15) is 6.04 Å². The van der Waals surface area contributed by atoms with Gasteiger partial charge in [0.2, 0.25) is 5.91 Å². The lowest BCUT2D eigenvalue weighted by atomic mass is 10.1. The van der Waals surface area contributed by atoms with Gasteiger partial charge in [-0.15, -0.1) is 0 Å². The Labute approximate surface area is 124 Å². The van der Waals surface area contributed by atoms with Gasteiger partial charge in [0, 0.05) is 6.54 Å². The molecule has 20 heavy (non-hydrogen) atoms. The van der Waals surface area contributed by atoms with Crippen molar-refractivity contribution in [1.29, 1.82) is 0 Å². The summed E-state index contributed by atoms with van der Waals surface area (Å²) in [7, 11) is 0. The van der Waals surface area contributed by atoms with Crippen molar-refractivity contribution in [2.75, 3.05) is 25.2 Å². The number of nitrogens with zero attached hydrogens (tertiary/aromatic N) is 1. The van der Waals surface area contributed by atoms with Gasteiger partial charge in [0.05, 0.1) is 12.6 Å². The Kier molecular flexibility index (Phi) is 7.76. The molecule has 116 valence electrons. The Balaban J connectivity index is 2.75. The highest BCUT2D eigenvalue weighted by Gasteiger charge is 2.30. The largest absolute Gasteiger partial charge is 0.394 e. The van der Waals surface area contributed by atoms with Crippen molar-refractivity contribution >= 4 is 23.7 Å². The van der Waals surface area contributed by atoms with Crippen molar-refractivity contribution in [3.63, 3.8) is 0 Å². The van der Waals surface area contributed by atoms with E-state index in [0.717, 1.165) is 31.4 Å². The lowest BCUT2D eigenvalue weighted by molar-refractivity contribution is -0.136. The molecule has 3 amide bonds. The van der Waals surface area contributed by atoms with Crippen LogP contribution in [0.2, 0.25) is 0 Å². The Morgan fingerprint density at radius 2 is 2.20 bits per heavy atom. The van der Waals surface area contributed by atoms with E-state index < -0.39 is 12.1 Å². The second-order valence-electron chi connectivity index (χ2n) is 5.06. The molecule has 0 aliphatic carbocycles. The highest BCUT2D eigenvalue weighted by Crippen LogP contribution is 2.18.